The molecule has 0 amide bonds. The first-order valence-electron chi connectivity index (χ1n) is 8.58. The minimum atomic E-state index is -0.551. The lowest BCUT2D eigenvalue weighted by molar-refractivity contribution is 0.0591. The molecule has 0 radical (unpaired) electrons. The quantitative estimate of drug-likeness (QED) is 0.337. The SMILES string of the molecule is BrCCBr.COC(=O)c1ccc(O)c(O)c1.COC(=O)c1ccc2c(c1)OCCO2. The second-order valence-corrected chi connectivity index (χ2v) is 7.01. The highest BCUT2D eigenvalue weighted by Gasteiger charge is 2.14. The predicted octanol–water partition coefficient (Wildman–Crippen LogP) is 3.91. The first-order chi connectivity index (χ1) is 14.4. The summed E-state index contributed by atoms with van der Waals surface area (Å²) >= 11 is 6.40. The van der Waals surface area contributed by atoms with E-state index in [1.54, 1.807) is 18.2 Å². The van der Waals surface area contributed by atoms with E-state index in [9.17, 15) is 9.59 Å². The maximum Gasteiger partial charge on any atom is 0.337 e. The van der Waals surface area contributed by atoms with Gasteiger partial charge in [-0.1, -0.05) is 31.9 Å². The van der Waals surface area contributed by atoms with E-state index in [0.717, 1.165) is 16.7 Å². The lowest BCUT2D eigenvalue weighted by atomic mass is 10.2. The molecule has 30 heavy (non-hydrogen) atoms. The summed E-state index contributed by atoms with van der Waals surface area (Å²) in [6, 6.07) is 8.71. The molecule has 2 N–H and O–H groups in total. The molecule has 8 nitrogen and oxygen atoms in total. The molecule has 0 fully saturated rings. The van der Waals surface area contributed by atoms with Gasteiger partial charge in [-0.15, -0.1) is 0 Å². The van der Waals surface area contributed by atoms with E-state index < -0.39 is 5.97 Å². The van der Waals surface area contributed by atoms with Gasteiger partial charge in [0, 0.05) is 10.7 Å². The molecule has 2 aromatic carbocycles. The van der Waals surface area contributed by atoms with E-state index >= 15 is 0 Å². The summed E-state index contributed by atoms with van der Waals surface area (Å²) in [5.41, 5.74) is 0.671. The van der Waals surface area contributed by atoms with Crippen molar-refractivity contribution in [3.63, 3.8) is 0 Å². The molecule has 1 aliphatic heterocycles. The normalized spacial score (nSPS) is 11.1. The summed E-state index contributed by atoms with van der Waals surface area (Å²) in [7, 11) is 2.59. The van der Waals surface area contributed by atoms with Crippen molar-refractivity contribution < 1.29 is 38.7 Å². The van der Waals surface area contributed by atoms with Crippen LogP contribution in [0.2, 0.25) is 0 Å². The molecule has 1 aliphatic rings. The van der Waals surface area contributed by atoms with Crippen molar-refractivity contribution in [1.82, 2.24) is 0 Å². The molecule has 0 saturated carbocycles. The molecule has 0 aliphatic carbocycles. The van der Waals surface area contributed by atoms with Crippen LogP contribution in [0.25, 0.3) is 0 Å². The Morgan fingerprint density at radius 2 is 1.33 bits per heavy atom. The number of benzene rings is 2. The lowest BCUT2D eigenvalue weighted by Gasteiger charge is -2.18. The van der Waals surface area contributed by atoms with Gasteiger partial charge >= 0.3 is 11.9 Å². The molecule has 0 unspecified atom stereocenters. The van der Waals surface area contributed by atoms with Gasteiger partial charge in [0.1, 0.15) is 13.2 Å². The Balaban J connectivity index is 0.000000258. The number of phenols is 2. The van der Waals surface area contributed by atoms with Gasteiger partial charge in [0.2, 0.25) is 0 Å². The average molecular weight is 550 g/mol. The van der Waals surface area contributed by atoms with Crippen molar-refractivity contribution in [2.45, 2.75) is 0 Å². The fourth-order valence-electron chi connectivity index (χ4n) is 2.06. The molecule has 2 aromatic rings. The summed E-state index contributed by atoms with van der Waals surface area (Å²) in [6.45, 7) is 1.06. The summed E-state index contributed by atoms with van der Waals surface area (Å²) < 4.78 is 19.6. The Hall–Kier alpha value is -2.46. The van der Waals surface area contributed by atoms with Crippen LogP contribution < -0.4 is 9.47 Å². The smallest absolute Gasteiger partial charge is 0.337 e. The predicted molar refractivity (Wildman–Crippen MR) is 117 cm³/mol. The number of halogens is 2. The minimum Gasteiger partial charge on any atom is -0.504 e. The third kappa shape index (κ3) is 8.11. The third-order valence-electron chi connectivity index (χ3n) is 3.43. The first kappa shape index (κ1) is 25.6. The largest absolute Gasteiger partial charge is 0.504 e. The maximum atomic E-state index is 11.2. The fourth-order valence-corrected chi connectivity index (χ4v) is 2.06. The van der Waals surface area contributed by atoms with Gasteiger partial charge in [-0.3, -0.25) is 0 Å². The molecule has 3 rings (SSSR count). The number of carbonyl (C=O) groups excluding carboxylic acids is 2. The Bertz CT molecular complexity index is 840. The standard InChI is InChI=1S/C10H10O4.C8H8O4.C2H4Br2/c1-12-10(11)7-2-3-8-9(6-7)14-5-4-13-8;1-12-8(11)5-2-3-6(9)7(10)4-5;3-1-2-4/h2-3,6H,4-5H2,1H3;2-4,9-10H,1H3;1-2H2. The molecule has 0 aromatic heterocycles. The van der Waals surface area contributed by atoms with E-state index in [-0.39, 0.29) is 23.0 Å². The molecule has 0 bridgehead atoms. The highest BCUT2D eigenvalue weighted by atomic mass is 79.9. The Kier molecular flexibility index (Phi) is 11.7. The van der Waals surface area contributed by atoms with Crippen LogP contribution in [0.3, 0.4) is 0 Å². The van der Waals surface area contributed by atoms with E-state index in [4.69, 9.17) is 19.7 Å². The number of ether oxygens (including phenoxy) is 4. The Morgan fingerprint density at radius 3 is 1.83 bits per heavy atom. The number of carbonyl (C=O) groups is 2. The maximum absolute atomic E-state index is 11.2. The van der Waals surface area contributed by atoms with Crippen LogP contribution in [0.5, 0.6) is 23.0 Å². The number of methoxy groups -OCH3 is 2. The zero-order chi connectivity index (χ0) is 22.5. The molecular weight excluding hydrogens is 528 g/mol. The van der Waals surface area contributed by atoms with Crippen molar-refractivity contribution >= 4 is 43.8 Å². The number of fused-ring (bicyclic) bond motifs is 1. The van der Waals surface area contributed by atoms with E-state index in [0.29, 0.717) is 30.3 Å². The number of hydrogen-bond donors (Lipinski definition) is 2. The van der Waals surface area contributed by atoms with Gasteiger partial charge in [0.05, 0.1) is 25.3 Å². The molecule has 1 heterocycles. The molecule has 0 saturated heterocycles. The number of phenolic OH excluding ortho intramolecular Hbond substituents is 2. The van der Waals surface area contributed by atoms with Crippen LogP contribution in [0.4, 0.5) is 0 Å². The zero-order valence-electron chi connectivity index (χ0n) is 16.4. The molecule has 0 atom stereocenters. The van der Waals surface area contributed by atoms with Crippen LogP contribution >= 0.6 is 31.9 Å². The van der Waals surface area contributed by atoms with Crippen LogP contribution in [0.15, 0.2) is 36.4 Å². The molecule has 0 spiro atoms. The van der Waals surface area contributed by atoms with Crippen LogP contribution in [0.1, 0.15) is 20.7 Å². The summed E-state index contributed by atoms with van der Waals surface area (Å²) in [4.78, 5) is 22.0. The highest BCUT2D eigenvalue weighted by Crippen LogP contribution is 2.30. The minimum absolute atomic E-state index is 0.202. The molecular formula is C20H22Br2O8. The van der Waals surface area contributed by atoms with Crippen LogP contribution in [0, 0.1) is 0 Å². The Labute approximate surface area is 191 Å². The van der Waals surface area contributed by atoms with Gasteiger partial charge in [-0.05, 0) is 36.4 Å². The average Bonchev–Trinajstić information content (AvgIpc) is 2.80. The number of aromatic hydroxyl groups is 2. The number of hydrogen-bond acceptors (Lipinski definition) is 8. The van der Waals surface area contributed by atoms with Crippen molar-refractivity contribution in [3.05, 3.63) is 47.5 Å². The molecule has 164 valence electrons. The Morgan fingerprint density at radius 1 is 0.833 bits per heavy atom. The van der Waals surface area contributed by atoms with Crippen molar-refractivity contribution in [3.8, 4) is 23.0 Å². The molecule has 10 heteroatoms. The van der Waals surface area contributed by atoms with Crippen LogP contribution in [-0.2, 0) is 9.47 Å². The summed E-state index contributed by atoms with van der Waals surface area (Å²) in [6.07, 6.45) is 0. The topological polar surface area (TPSA) is 112 Å². The van der Waals surface area contributed by atoms with E-state index in [1.807, 2.05) is 0 Å². The van der Waals surface area contributed by atoms with Gasteiger partial charge in [-0.2, -0.15) is 0 Å². The zero-order valence-corrected chi connectivity index (χ0v) is 19.6. The van der Waals surface area contributed by atoms with Gasteiger partial charge in [0.15, 0.2) is 23.0 Å². The number of alkyl halides is 2. The first-order valence-corrected chi connectivity index (χ1v) is 10.8. The van der Waals surface area contributed by atoms with Crippen molar-refractivity contribution in [1.29, 1.82) is 0 Å². The van der Waals surface area contributed by atoms with Crippen molar-refractivity contribution in [2.24, 2.45) is 0 Å². The van der Waals surface area contributed by atoms with Gasteiger partial charge in [-0.25, -0.2) is 9.59 Å². The number of esters is 2. The second kappa shape index (κ2) is 13.7. The van der Waals surface area contributed by atoms with E-state index in [2.05, 4.69) is 41.3 Å². The third-order valence-corrected chi connectivity index (χ3v) is 5.29. The number of rotatable bonds is 3. The summed E-state index contributed by atoms with van der Waals surface area (Å²) in [5.74, 6) is -0.254. The fraction of sp³-hybridized carbons (Fsp3) is 0.300. The highest BCUT2D eigenvalue weighted by molar-refractivity contribution is 9.11. The summed E-state index contributed by atoms with van der Waals surface area (Å²) in [5, 5.41) is 20.0. The van der Waals surface area contributed by atoms with Gasteiger partial charge in [0.25, 0.3) is 0 Å². The van der Waals surface area contributed by atoms with Crippen LogP contribution in [-0.4, -0.2) is 60.2 Å². The van der Waals surface area contributed by atoms with Gasteiger partial charge < -0.3 is 29.2 Å². The lowest BCUT2D eigenvalue weighted by Crippen LogP contribution is -2.15. The van der Waals surface area contributed by atoms with E-state index in [1.165, 1.54) is 26.4 Å². The monoisotopic (exact) mass is 548 g/mol. The second-order valence-electron chi connectivity index (χ2n) is 5.42. The van der Waals surface area contributed by atoms with Crippen molar-refractivity contribution in [2.75, 3.05) is 38.1 Å².